The highest BCUT2D eigenvalue weighted by Crippen LogP contribution is 2.32. The van der Waals surface area contributed by atoms with Crippen LogP contribution in [0.3, 0.4) is 0 Å². The van der Waals surface area contributed by atoms with Gasteiger partial charge in [-0.05, 0) is 43.9 Å². The minimum Gasteiger partial charge on any atom is -0.378 e. The first-order valence-corrected chi connectivity index (χ1v) is 6.69. The van der Waals surface area contributed by atoms with E-state index in [9.17, 15) is 4.79 Å². The maximum absolute atomic E-state index is 11.9. The Bertz CT molecular complexity index is 484. The highest BCUT2D eigenvalue weighted by molar-refractivity contribution is 5.91. The second-order valence-corrected chi connectivity index (χ2v) is 4.89. The second kappa shape index (κ2) is 6.40. The van der Waals surface area contributed by atoms with Crippen LogP contribution in [-0.4, -0.2) is 18.6 Å². The molecule has 1 amide bonds. The number of benzene rings is 1. The summed E-state index contributed by atoms with van der Waals surface area (Å²) < 4.78 is 5.48. The number of carbonyl (C=O) groups excluding carboxylic acids is 1. The van der Waals surface area contributed by atoms with Gasteiger partial charge in [0, 0.05) is 24.3 Å². The van der Waals surface area contributed by atoms with Gasteiger partial charge in [-0.1, -0.05) is 12.0 Å². The molecule has 19 heavy (non-hydrogen) atoms. The molecule has 1 N–H and O–H groups in total. The van der Waals surface area contributed by atoms with E-state index in [0.29, 0.717) is 18.4 Å². The molecule has 0 radical (unpaired) electrons. The summed E-state index contributed by atoms with van der Waals surface area (Å²) in [5.74, 6) is 3.06. The van der Waals surface area contributed by atoms with Crippen molar-refractivity contribution < 1.29 is 9.53 Å². The van der Waals surface area contributed by atoms with Crippen LogP contribution < -0.4 is 5.32 Å². The fraction of sp³-hybridized carbons (Fsp3) is 0.438. The van der Waals surface area contributed by atoms with E-state index in [-0.39, 0.29) is 5.91 Å². The van der Waals surface area contributed by atoms with Gasteiger partial charge < -0.3 is 10.1 Å². The third-order valence-corrected chi connectivity index (χ3v) is 3.38. The Labute approximate surface area is 114 Å². The molecular formula is C16H19NO2. The monoisotopic (exact) mass is 257 g/mol. The van der Waals surface area contributed by atoms with E-state index in [2.05, 4.69) is 11.2 Å². The lowest BCUT2D eigenvalue weighted by Crippen LogP contribution is -2.33. The van der Waals surface area contributed by atoms with Crippen LogP contribution in [0.1, 0.15) is 31.7 Å². The maximum atomic E-state index is 11.9. The zero-order valence-electron chi connectivity index (χ0n) is 11.2. The number of carbonyl (C=O) groups is 1. The summed E-state index contributed by atoms with van der Waals surface area (Å²) >= 11 is 0. The van der Waals surface area contributed by atoms with Crippen molar-refractivity contribution in [3.05, 3.63) is 29.8 Å². The van der Waals surface area contributed by atoms with Crippen LogP contribution in [0.4, 0.5) is 5.69 Å². The van der Waals surface area contributed by atoms with Gasteiger partial charge in [0.1, 0.15) is 0 Å². The first-order valence-electron chi connectivity index (χ1n) is 6.69. The van der Waals surface area contributed by atoms with Crippen LogP contribution in [0.15, 0.2) is 24.3 Å². The van der Waals surface area contributed by atoms with E-state index in [0.717, 1.165) is 30.7 Å². The van der Waals surface area contributed by atoms with Gasteiger partial charge in [0.15, 0.2) is 0 Å². The van der Waals surface area contributed by atoms with Gasteiger partial charge in [0.2, 0.25) is 5.91 Å². The molecule has 1 aromatic rings. The number of hydrogen-bond acceptors (Lipinski definition) is 2. The van der Waals surface area contributed by atoms with Gasteiger partial charge in [0.05, 0.1) is 6.10 Å². The molecule has 1 saturated carbocycles. The molecule has 1 aliphatic carbocycles. The molecule has 3 heteroatoms. The molecule has 0 aliphatic heterocycles. The Morgan fingerprint density at radius 2 is 2.32 bits per heavy atom. The van der Waals surface area contributed by atoms with Crippen LogP contribution in [0, 0.1) is 18.3 Å². The number of hydrogen-bond donors (Lipinski definition) is 1. The average Bonchev–Trinajstić information content (AvgIpc) is 2.36. The number of ether oxygens (including phenoxy) is 1. The third kappa shape index (κ3) is 3.84. The Balaban J connectivity index is 1.77. The molecule has 0 heterocycles. The first kappa shape index (κ1) is 13.6. The van der Waals surface area contributed by atoms with E-state index < -0.39 is 0 Å². The van der Waals surface area contributed by atoms with E-state index in [1.54, 1.807) is 0 Å². The van der Waals surface area contributed by atoms with Gasteiger partial charge in [-0.3, -0.25) is 4.79 Å². The SMILES string of the molecule is C#Cc1cccc(NC(=O)CC2CC(OCC)C2)c1. The van der Waals surface area contributed by atoms with Gasteiger partial charge in [-0.25, -0.2) is 0 Å². The van der Waals surface area contributed by atoms with E-state index in [1.807, 2.05) is 31.2 Å². The van der Waals surface area contributed by atoms with E-state index in [4.69, 9.17) is 11.2 Å². The topological polar surface area (TPSA) is 38.3 Å². The average molecular weight is 257 g/mol. The van der Waals surface area contributed by atoms with E-state index in [1.165, 1.54) is 0 Å². The first-order chi connectivity index (χ1) is 9.21. The van der Waals surface area contributed by atoms with Crippen LogP contribution in [0.25, 0.3) is 0 Å². The smallest absolute Gasteiger partial charge is 0.224 e. The molecule has 0 spiro atoms. The molecular weight excluding hydrogens is 238 g/mol. The molecule has 1 aromatic carbocycles. The van der Waals surface area contributed by atoms with Crippen molar-refractivity contribution in [1.29, 1.82) is 0 Å². The Hall–Kier alpha value is -1.79. The van der Waals surface area contributed by atoms with Crippen LogP contribution >= 0.6 is 0 Å². The lowest BCUT2D eigenvalue weighted by molar-refractivity contribution is -0.119. The second-order valence-electron chi connectivity index (χ2n) is 4.89. The Kier molecular flexibility index (Phi) is 4.59. The molecule has 0 atom stereocenters. The molecule has 3 nitrogen and oxygen atoms in total. The number of anilines is 1. The molecule has 0 aromatic heterocycles. The maximum Gasteiger partial charge on any atom is 0.224 e. The van der Waals surface area contributed by atoms with Crippen molar-refractivity contribution in [2.24, 2.45) is 5.92 Å². The molecule has 0 unspecified atom stereocenters. The normalized spacial score (nSPS) is 21.3. The fourth-order valence-electron chi connectivity index (χ4n) is 2.37. The van der Waals surface area contributed by atoms with Crippen LogP contribution in [0.5, 0.6) is 0 Å². The standard InChI is InChI=1S/C16H19NO2/c1-3-12-6-5-7-14(8-12)17-16(18)11-13-9-15(10-13)19-4-2/h1,5-8,13,15H,4,9-11H2,2H3,(H,17,18). The predicted octanol–water partition coefficient (Wildman–Crippen LogP) is 2.81. The highest BCUT2D eigenvalue weighted by atomic mass is 16.5. The zero-order valence-corrected chi connectivity index (χ0v) is 11.2. The molecule has 2 rings (SSSR count). The summed E-state index contributed by atoms with van der Waals surface area (Å²) in [5, 5.41) is 2.89. The van der Waals surface area contributed by atoms with Crippen molar-refractivity contribution in [1.82, 2.24) is 0 Å². The highest BCUT2D eigenvalue weighted by Gasteiger charge is 2.30. The predicted molar refractivity (Wildman–Crippen MR) is 75.8 cm³/mol. The molecule has 1 aliphatic rings. The summed E-state index contributed by atoms with van der Waals surface area (Å²) in [7, 11) is 0. The third-order valence-electron chi connectivity index (χ3n) is 3.38. The van der Waals surface area contributed by atoms with Gasteiger partial charge in [0.25, 0.3) is 0 Å². The molecule has 0 saturated heterocycles. The fourth-order valence-corrected chi connectivity index (χ4v) is 2.37. The number of terminal acetylenes is 1. The minimum absolute atomic E-state index is 0.0501. The number of nitrogens with one attached hydrogen (secondary N) is 1. The van der Waals surface area contributed by atoms with Gasteiger partial charge >= 0.3 is 0 Å². The Morgan fingerprint density at radius 1 is 1.53 bits per heavy atom. The van der Waals surface area contributed by atoms with Crippen LogP contribution in [0.2, 0.25) is 0 Å². The summed E-state index contributed by atoms with van der Waals surface area (Å²) in [6, 6.07) is 7.34. The number of amides is 1. The lowest BCUT2D eigenvalue weighted by Gasteiger charge is -2.34. The van der Waals surface area contributed by atoms with Crippen LogP contribution in [-0.2, 0) is 9.53 Å². The molecule has 100 valence electrons. The van der Waals surface area contributed by atoms with Crippen molar-refractivity contribution in [2.45, 2.75) is 32.3 Å². The Morgan fingerprint density at radius 3 is 3.00 bits per heavy atom. The van der Waals surface area contributed by atoms with Gasteiger partial charge in [-0.2, -0.15) is 0 Å². The van der Waals surface area contributed by atoms with Crippen molar-refractivity contribution in [2.75, 3.05) is 11.9 Å². The summed E-state index contributed by atoms with van der Waals surface area (Å²) in [6.07, 6.45) is 8.23. The molecule has 0 bridgehead atoms. The molecule has 1 fully saturated rings. The number of rotatable bonds is 5. The van der Waals surface area contributed by atoms with E-state index >= 15 is 0 Å². The zero-order chi connectivity index (χ0) is 13.7. The van der Waals surface area contributed by atoms with Gasteiger partial charge in [-0.15, -0.1) is 6.42 Å². The minimum atomic E-state index is 0.0501. The summed E-state index contributed by atoms with van der Waals surface area (Å²) in [4.78, 5) is 11.9. The summed E-state index contributed by atoms with van der Waals surface area (Å²) in [5.41, 5.74) is 1.54. The quantitative estimate of drug-likeness (QED) is 0.824. The van der Waals surface area contributed by atoms with Crippen molar-refractivity contribution >= 4 is 11.6 Å². The summed E-state index contributed by atoms with van der Waals surface area (Å²) in [6.45, 7) is 2.75. The van der Waals surface area contributed by atoms with Crippen molar-refractivity contribution in [3.63, 3.8) is 0 Å². The van der Waals surface area contributed by atoms with Crippen molar-refractivity contribution in [3.8, 4) is 12.3 Å². The lowest BCUT2D eigenvalue weighted by atomic mass is 9.80. The largest absolute Gasteiger partial charge is 0.378 e.